The van der Waals surface area contributed by atoms with Crippen LogP contribution >= 0.6 is 22.9 Å². The zero-order valence-electron chi connectivity index (χ0n) is 14.5. The first-order valence-electron chi connectivity index (χ1n) is 8.28. The summed E-state index contributed by atoms with van der Waals surface area (Å²) in [6.07, 6.45) is 3.83. The highest BCUT2D eigenvalue weighted by Gasteiger charge is 2.12. The molecule has 1 amide bonds. The number of non-ortho nitro benzene ring substituents is 1. The summed E-state index contributed by atoms with van der Waals surface area (Å²) in [4.78, 5) is 27.5. The molecular formula is C19H16ClN3O3S. The van der Waals surface area contributed by atoms with Gasteiger partial charge in [0.25, 0.3) is 11.6 Å². The summed E-state index contributed by atoms with van der Waals surface area (Å²) in [5.41, 5.74) is 1.58. The predicted molar refractivity (Wildman–Crippen MR) is 108 cm³/mol. The van der Waals surface area contributed by atoms with E-state index >= 15 is 0 Å². The Morgan fingerprint density at radius 1 is 1.33 bits per heavy atom. The van der Waals surface area contributed by atoms with Gasteiger partial charge in [-0.3, -0.25) is 14.9 Å². The molecule has 0 radical (unpaired) electrons. The number of hydrogen-bond acceptors (Lipinski definition) is 4. The smallest absolute Gasteiger partial charge is 0.272 e. The van der Waals surface area contributed by atoms with Crippen molar-refractivity contribution in [1.29, 1.82) is 0 Å². The van der Waals surface area contributed by atoms with E-state index < -0.39 is 10.8 Å². The normalized spacial score (nSPS) is 12.1. The van der Waals surface area contributed by atoms with Crippen molar-refractivity contribution in [1.82, 2.24) is 4.57 Å². The number of aromatic nitrogens is 1. The van der Waals surface area contributed by atoms with Gasteiger partial charge in [0.05, 0.1) is 15.1 Å². The number of rotatable bonds is 5. The lowest BCUT2D eigenvalue weighted by molar-refractivity contribution is -0.384. The lowest BCUT2D eigenvalue weighted by Gasteiger charge is -2.02. The van der Waals surface area contributed by atoms with Crippen LogP contribution in [0.2, 0.25) is 5.02 Å². The van der Waals surface area contributed by atoms with Crippen LogP contribution in [-0.2, 0) is 11.3 Å². The minimum absolute atomic E-state index is 0.0175. The van der Waals surface area contributed by atoms with Gasteiger partial charge in [-0.05, 0) is 30.2 Å². The van der Waals surface area contributed by atoms with Crippen molar-refractivity contribution in [2.45, 2.75) is 19.9 Å². The molecule has 0 saturated heterocycles. The fourth-order valence-corrected chi connectivity index (χ4v) is 3.90. The predicted octanol–water partition coefficient (Wildman–Crippen LogP) is 4.82. The van der Waals surface area contributed by atoms with Crippen molar-refractivity contribution < 1.29 is 9.72 Å². The van der Waals surface area contributed by atoms with Gasteiger partial charge in [0.15, 0.2) is 4.80 Å². The lowest BCUT2D eigenvalue weighted by atomic mass is 10.2. The first kappa shape index (κ1) is 19.0. The van der Waals surface area contributed by atoms with E-state index in [1.807, 2.05) is 29.7 Å². The molecular weight excluding hydrogens is 386 g/mol. The summed E-state index contributed by atoms with van der Waals surface area (Å²) in [5.74, 6) is -0.416. The third kappa shape index (κ3) is 4.32. The van der Waals surface area contributed by atoms with Gasteiger partial charge in [0.1, 0.15) is 0 Å². The standard InChI is InChI=1S/C19H16ClN3O3S/c1-2-11-22-16-9-8-14(23(25)26)12-17(16)27-19(22)21-18(24)10-7-13-5-3-4-6-15(13)20/h3-10,12H,2,11H2,1H3/b10-7+,21-19?. The number of amides is 1. The van der Waals surface area contributed by atoms with Gasteiger partial charge < -0.3 is 4.57 Å². The fourth-order valence-electron chi connectivity index (χ4n) is 2.60. The monoisotopic (exact) mass is 401 g/mol. The Hall–Kier alpha value is -2.77. The van der Waals surface area contributed by atoms with Gasteiger partial charge in [-0.1, -0.05) is 48.1 Å². The topological polar surface area (TPSA) is 77.5 Å². The minimum Gasteiger partial charge on any atom is -0.316 e. The average Bonchev–Trinajstić information content (AvgIpc) is 2.98. The summed E-state index contributed by atoms with van der Waals surface area (Å²) in [5, 5.41) is 11.5. The van der Waals surface area contributed by atoms with E-state index in [1.54, 1.807) is 18.2 Å². The third-order valence-corrected chi connectivity index (χ3v) is 5.23. The van der Waals surface area contributed by atoms with E-state index in [0.29, 0.717) is 16.4 Å². The number of carbonyl (C=O) groups excluding carboxylic acids is 1. The summed E-state index contributed by atoms with van der Waals surface area (Å²) in [6.45, 7) is 2.68. The molecule has 0 aliphatic heterocycles. The molecule has 1 aromatic heterocycles. The molecule has 0 atom stereocenters. The third-order valence-electron chi connectivity index (χ3n) is 3.84. The zero-order chi connectivity index (χ0) is 19.4. The summed E-state index contributed by atoms with van der Waals surface area (Å²) in [7, 11) is 0. The Morgan fingerprint density at radius 2 is 2.11 bits per heavy atom. The molecule has 0 aliphatic carbocycles. The Balaban J connectivity index is 2.01. The molecule has 27 heavy (non-hydrogen) atoms. The molecule has 138 valence electrons. The van der Waals surface area contributed by atoms with Gasteiger partial charge in [0.2, 0.25) is 0 Å². The second kappa shape index (κ2) is 8.28. The van der Waals surface area contributed by atoms with Gasteiger partial charge in [-0.2, -0.15) is 4.99 Å². The quantitative estimate of drug-likeness (QED) is 0.349. The SMILES string of the molecule is CCCn1c(=NC(=O)/C=C/c2ccccc2Cl)sc2cc([N+](=O)[O-])ccc21. The number of aryl methyl sites for hydroxylation is 1. The number of benzene rings is 2. The van der Waals surface area contributed by atoms with E-state index in [4.69, 9.17) is 11.6 Å². The van der Waals surface area contributed by atoms with Gasteiger partial charge in [-0.15, -0.1) is 0 Å². The molecule has 0 aliphatic rings. The number of nitrogens with zero attached hydrogens (tertiary/aromatic N) is 3. The lowest BCUT2D eigenvalue weighted by Crippen LogP contribution is -2.16. The number of fused-ring (bicyclic) bond motifs is 1. The largest absolute Gasteiger partial charge is 0.316 e. The molecule has 0 unspecified atom stereocenters. The zero-order valence-corrected chi connectivity index (χ0v) is 16.0. The van der Waals surface area contributed by atoms with Crippen LogP contribution in [-0.4, -0.2) is 15.4 Å². The maximum atomic E-state index is 12.3. The highest BCUT2D eigenvalue weighted by atomic mass is 35.5. The van der Waals surface area contributed by atoms with Crippen LogP contribution in [0.15, 0.2) is 53.5 Å². The van der Waals surface area contributed by atoms with Crippen LogP contribution in [0.25, 0.3) is 16.3 Å². The number of nitro benzene ring substituents is 1. The summed E-state index contributed by atoms with van der Waals surface area (Å²) < 4.78 is 2.63. The van der Waals surface area contributed by atoms with Crippen molar-refractivity contribution >= 4 is 50.8 Å². The number of nitro groups is 1. The van der Waals surface area contributed by atoms with Gasteiger partial charge in [-0.25, -0.2) is 0 Å². The van der Waals surface area contributed by atoms with Crippen molar-refractivity contribution in [3.63, 3.8) is 0 Å². The minimum atomic E-state index is -0.433. The van der Waals surface area contributed by atoms with E-state index in [-0.39, 0.29) is 5.69 Å². The van der Waals surface area contributed by atoms with E-state index in [9.17, 15) is 14.9 Å². The molecule has 8 heteroatoms. The molecule has 0 fully saturated rings. The molecule has 6 nitrogen and oxygen atoms in total. The highest BCUT2D eigenvalue weighted by Crippen LogP contribution is 2.23. The molecule has 3 aromatic rings. The summed E-state index contributed by atoms with van der Waals surface area (Å²) >= 11 is 7.34. The van der Waals surface area contributed by atoms with Crippen LogP contribution in [0.4, 0.5) is 5.69 Å². The van der Waals surface area contributed by atoms with Crippen molar-refractivity contribution in [3.05, 3.63) is 74.0 Å². The van der Waals surface area contributed by atoms with E-state index in [2.05, 4.69) is 4.99 Å². The van der Waals surface area contributed by atoms with Crippen molar-refractivity contribution in [3.8, 4) is 0 Å². The van der Waals surface area contributed by atoms with Crippen LogP contribution in [0, 0.1) is 10.1 Å². The van der Waals surface area contributed by atoms with Crippen molar-refractivity contribution in [2.24, 2.45) is 4.99 Å². The summed E-state index contributed by atoms with van der Waals surface area (Å²) in [6, 6.07) is 11.9. The maximum Gasteiger partial charge on any atom is 0.272 e. The molecule has 2 aromatic carbocycles. The van der Waals surface area contributed by atoms with Crippen LogP contribution < -0.4 is 4.80 Å². The van der Waals surface area contributed by atoms with Gasteiger partial charge in [0, 0.05) is 29.8 Å². The second-order valence-corrected chi connectivity index (χ2v) is 7.17. The Bertz CT molecular complexity index is 1110. The average molecular weight is 402 g/mol. The van der Waals surface area contributed by atoms with E-state index in [1.165, 1.54) is 29.5 Å². The fraction of sp³-hybridized carbons (Fsp3) is 0.158. The number of hydrogen-bond donors (Lipinski definition) is 0. The Kier molecular flexibility index (Phi) is 5.83. The van der Waals surface area contributed by atoms with Gasteiger partial charge >= 0.3 is 0 Å². The van der Waals surface area contributed by atoms with Crippen molar-refractivity contribution in [2.75, 3.05) is 0 Å². The molecule has 0 bridgehead atoms. The number of thiazole rings is 1. The number of carbonyl (C=O) groups is 1. The molecule has 3 rings (SSSR count). The molecule has 1 heterocycles. The Labute approximate surface area is 164 Å². The van der Waals surface area contributed by atoms with Crippen LogP contribution in [0.1, 0.15) is 18.9 Å². The Morgan fingerprint density at radius 3 is 2.81 bits per heavy atom. The molecule has 0 saturated carbocycles. The first-order valence-corrected chi connectivity index (χ1v) is 9.48. The first-order chi connectivity index (χ1) is 13.0. The van der Waals surface area contributed by atoms with Crippen LogP contribution in [0.3, 0.4) is 0 Å². The second-order valence-electron chi connectivity index (χ2n) is 5.75. The maximum absolute atomic E-state index is 12.3. The molecule has 0 N–H and O–H groups in total. The molecule has 0 spiro atoms. The number of halogens is 1. The highest BCUT2D eigenvalue weighted by molar-refractivity contribution is 7.16. The van der Waals surface area contributed by atoms with Crippen LogP contribution in [0.5, 0.6) is 0 Å². The van der Waals surface area contributed by atoms with E-state index in [0.717, 1.165) is 22.2 Å².